The summed E-state index contributed by atoms with van der Waals surface area (Å²) in [5.74, 6) is -1.36. The van der Waals surface area contributed by atoms with Gasteiger partial charge < -0.3 is 5.73 Å². The van der Waals surface area contributed by atoms with Gasteiger partial charge in [0, 0.05) is 11.6 Å². The smallest absolute Gasteiger partial charge is 0.149 e. The summed E-state index contributed by atoms with van der Waals surface area (Å²) in [7, 11) is 0. The molecule has 1 nitrogen and oxygen atoms in total. The van der Waals surface area contributed by atoms with E-state index in [2.05, 4.69) is 0 Å². The molecule has 0 spiro atoms. The summed E-state index contributed by atoms with van der Waals surface area (Å²) < 4.78 is 26.8. The normalized spacial score (nSPS) is 12.1. The van der Waals surface area contributed by atoms with Crippen LogP contribution in [0.5, 0.6) is 0 Å². The van der Waals surface area contributed by atoms with Crippen LogP contribution in [0.4, 0.5) is 8.78 Å². The average Bonchev–Trinajstić information content (AvgIpc) is 2.21. The predicted octanol–water partition coefficient (Wildman–Crippen LogP) is 4.23. The fourth-order valence-corrected chi connectivity index (χ4v) is 1.62. The molecule has 0 saturated carbocycles. The Morgan fingerprint density at radius 2 is 2.00 bits per heavy atom. The van der Waals surface area contributed by atoms with E-state index in [4.69, 9.17) is 17.3 Å². The number of hydrogen-bond donors (Lipinski definition) is 1. The van der Waals surface area contributed by atoms with Gasteiger partial charge in [-0.3, -0.25) is 0 Å². The zero-order valence-corrected chi connectivity index (χ0v) is 10.5. The molecule has 1 atom stereocenters. The molecule has 92 valence electrons. The molecule has 0 saturated heterocycles. The summed E-state index contributed by atoms with van der Waals surface area (Å²) in [6.45, 7) is 2.00. The highest BCUT2D eigenvalue weighted by molar-refractivity contribution is 6.30. The lowest BCUT2D eigenvalue weighted by atomic mass is 10.0. The summed E-state index contributed by atoms with van der Waals surface area (Å²) in [5.41, 5.74) is 5.61. The average molecular weight is 270 g/mol. The van der Waals surface area contributed by atoms with Gasteiger partial charge in [0.1, 0.15) is 11.6 Å². The molecule has 0 fully saturated rings. The maximum absolute atomic E-state index is 13.5. The number of nitrogens with two attached hydrogens (primary N) is 1. The van der Waals surface area contributed by atoms with Crippen LogP contribution >= 0.6 is 24.0 Å². The van der Waals surface area contributed by atoms with E-state index in [1.165, 1.54) is 6.07 Å². The highest BCUT2D eigenvalue weighted by atomic mass is 35.5. The van der Waals surface area contributed by atoms with Crippen molar-refractivity contribution in [1.82, 2.24) is 0 Å². The van der Waals surface area contributed by atoms with E-state index in [1.54, 1.807) is 0 Å². The molecule has 0 heterocycles. The second-order valence-electron chi connectivity index (χ2n) is 3.51. The highest BCUT2D eigenvalue weighted by Crippen LogP contribution is 2.27. The maximum atomic E-state index is 13.5. The maximum Gasteiger partial charge on any atom is 0.149 e. The molecule has 2 N–H and O–H groups in total. The van der Waals surface area contributed by atoms with Gasteiger partial charge in [-0.2, -0.15) is 0 Å². The summed E-state index contributed by atoms with van der Waals surface area (Å²) >= 11 is 5.57. The molecule has 0 aliphatic carbocycles. The summed E-state index contributed by atoms with van der Waals surface area (Å²) in [4.78, 5) is 0. The first-order valence-electron chi connectivity index (χ1n) is 4.96. The minimum absolute atomic E-state index is 0. The lowest BCUT2D eigenvalue weighted by Crippen LogP contribution is -2.14. The fourth-order valence-electron chi connectivity index (χ4n) is 1.45. The highest BCUT2D eigenvalue weighted by Gasteiger charge is 2.18. The van der Waals surface area contributed by atoms with Crippen LogP contribution in [-0.4, -0.2) is 0 Å². The van der Waals surface area contributed by atoms with Crippen molar-refractivity contribution < 1.29 is 8.78 Å². The first kappa shape index (κ1) is 15.6. The van der Waals surface area contributed by atoms with E-state index in [0.717, 1.165) is 18.9 Å². The van der Waals surface area contributed by atoms with Crippen LogP contribution < -0.4 is 5.73 Å². The van der Waals surface area contributed by atoms with Gasteiger partial charge in [0.15, 0.2) is 0 Å². The number of unbranched alkanes of at least 4 members (excludes halogenated alkanes) is 1. The lowest BCUT2D eigenvalue weighted by molar-refractivity contribution is 0.503. The monoisotopic (exact) mass is 269 g/mol. The molecule has 1 rings (SSSR count). The van der Waals surface area contributed by atoms with E-state index < -0.39 is 17.7 Å². The van der Waals surface area contributed by atoms with E-state index in [1.807, 2.05) is 6.92 Å². The molecule has 0 radical (unpaired) electrons. The molecule has 0 unspecified atom stereocenters. The molecule has 0 aliphatic rings. The predicted molar refractivity (Wildman–Crippen MR) is 65.1 cm³/mol. The van der Waals surface area contributed by atoms with Crippen molar-refractivity contribution in [3.05, 3.63) is 34.4 Å². The topological polar surface area (TPSA) is 26.0 Å². The van der Waals surface area contributed by atoms with Gasteiger partial charge in [-0.05, 0) is 18.6 Å². The van der Waals surface area contributed by atoms with Crippen LogP contribution in [-0.2, 0) is 0 Å². The van der Waals surface area contributed by atoms with Gasteiger partial charge in [-0.1, -0.05) is 31.4 Å². The van der Waals surface area contributed by atoms with Crippen molar-refractivity contribution in [2.24, 2.45) is 5.73 Å². The molecule has 0 bridgehead atoms. The van der Waals surface area contributed by atoms with E-state index >= 15 is 0 Å². The largest absolute Gasteiger partial charge is 0.324 e. The van der Waals surface area contributed by atoms with E-state index in [0.29, 0.717) is 6.42 Å². The van der Waals surface area contributed by atoms with Crippen LogP contribution in [0.15, 0.2) is 12.1 Å². The van der Waals surface area contributed by atoms with Gasteiger partial charge in [0.05, 0.1) is 5.02 Å². The Morgan fingerprint density at radius 3 is 2.56 bits per heavy atom. The van der Waals surface area contributed by atoms with E-state index in [9.17, 15) is 8.78 Å². The first-order valence-corrected chi connectivity index (χ1v) is 5.34. The second kappa shape index (κ2) is 7.05. The van der Waals surface area contributed by atoms with Gasteiger partial charge in [-0.25, -0.2) is 8.78 Å². The third-order valence-electron chi connectivity index (χ3n) is 2.32. The SMILES string of the molecule is CCCC[C@H](N)c1c(F)ccc(Cl)c1F.Cl. The van der Waals surface area contributed by atoms with Crippen molar-refractivity contribution in [2.45, 2.75) is 32.2 Å². The Kier molecular flexibility index (Phi) is 6.88. The van der Waals surface area contributed by atoms with Crippen LogP contribution in [0.2, 0.25) is 5.02 Å². The van der Waals surface area contributed by atoms with Gasteiger partial charge >= 0.3 is 0 Å². The van der Waals surface area contributed by atoms with Crippen molar-refractivity contribution in [3.63, 3.8) is 0 Å². The van der Waals surface area contributed by atoms with E-state index in [-0.39, 0.29) is 23.0 Å². The molecule has 16 heavy (non-hydrogen) atoms. The quantitative estimate of drug-likeness (QED) is 0.814. The van der Waals surface area contributed by atoms with Crippen molar-refractivity contribution in [3.8, 4) is 0 Å². The lowest BCUT2D eigenvalue weighted by Gasteiger charge is -2.13. The minimum Gasteiger partial charge on any atom is -0.324 e. The molecule has 0 aromatic heterocycles. The number of hydrogen-bond acceptors (Lipinski definition) is 1. The number of halogens is 4. The molecular weight excluding hydrogens is 255 g/mol. The molecular formula is C11H15Cl2F2N. The molecule has 0 aliphatic heterocycles. The second-order valence-corrected chi connectivity index (χ2v) is 3.91. The van der Waals surface area contributed by atoms with Crippen LogP contribution in [0.1, 0.15) is 37.8 Å². The Bertz CT molecular complexity index is 345. The zero-order valence-electron chi connectivity index (χ0n) is 8.97. The Labute approximate surface area is 105 Å². The van der Waals surface area contributed by atoms with Crippen LogP contribution in [0.25, 0.3) is 0 Å². The third kappa shape index (κ3) is 3.58. The molecule has 1 aromatic carbocycles. The number of benzene rings is 1. The minimum atomic E-state index is -0.736. The Hall–Kier alpha value is -0.380. The standard InChI is InChI=1S/C11H14ClF2N.ClH/c1-2-3-4-9(15)10-8(13)6-5-7(12)11(10)14;/h5-6,9H,2-4,15H2,1H3;1H/t9-;/m0./s1. The molecule has 5 heteroatoms. The van der Waals surface area contributed by atoms with Crippen molar-refractivity contribution in [1.29, 1.82) is 0 Å². The Balaban J connectivity index is 0.00000225. The summed E-state index contributed by atoms with van der Waals surface area (Å²) in [5, 5.41) is -0.0849. The fraction of sp³-hybridized carbons (Fsp3) is 0.455. The summed E-state index contributed by atoms with van der Waals surface area (Å²) in [6, 6.07) is 1.72. The summed E-state index contributed by atoms with van der Waals surface area (Å²) in [6.07, 6.45) is 2.34. The van der Waals surface area contributed by atoms with Crippen molar-refractivity contribution in [2.75, 3.05) is 0 Å². The molecule has 1 aromatic rings. The van der Waals surface area contributed by atoms with Crippen LogP contribution in [0, 0.1) is 11.6 Å². The van der Waals surface area contributed by atoms with Gasteiger partial charge in [0.25, 0.3) is 0 Å². The van der Waals surface area contributed by atoms with Crippen LogP contribution in [0.3, 0.4) is 0 Å². The first-order chi connectivity index (χ1) is 7.07. The Morgan fingerprint density at radius 1 is 1.38 bits per heavy atom. The number of rotatable bonds is 4. The third-order valence-corrected chi connectivity index (χ3v) is 2.61. The van der Waals surface area contributed by atoms with Crippen molar-refractivity contribution >= 4 is 24.0 Å². The van der Waals surface area contributed by atoms with Gasteiger partial charge in [-0.15, -0.1) is 12.4 Å². The zero-order chi connectivity index (χ0) is 11.4. The van der Waals surface area contributed by atoms with Gasteiger partial charge in [0.2, 0.25) is 0 Å². The molecule has 0 amide bonds.